The molecule has 0 aliphatic carbocycles. The van der Waals surface area contributed by atoms with E-state index in [1.807, 2.05) is 42.7 Å². The Kier molecular flexibility index (Phi) is 6.63. The van der Waals surface area contributed by atoms with Gasteiger partial charge in [0.1, 0.15) is 0 Å². The Bertz CT molecular complexity index is 822. The average Bonchev–Trinajstić information content (AvgIpc) is 2.72. The predicted octanol–water partition coefficient (Wildman–Crippen LogP) is 3.57. The highest BCUT2D eigenvalue weighted by atomic mass is 35.5. The van der Waals surface area contributed by atoms with Crippen LogP contribution in [-0.4, -0.2) is 55.8 Å². The number of ether oxygens (including phenoxy) is 1. The minimum absolute atomic E-state index is 0.177. The number of piperazine rings is 1. The summed E-state index contributed by atoms with van der Waals surface area (Å²) in [6, 6.07) is 14.9. The Hall–Kier alpha value is -2.18. The van der Waals surface area contributed by atoms with Crippen molar-refractivity contribution in [3.63, 3.8) is 0 Å². The summed E-state index contributed by atoms with van der Waals surface area (Å²) >= 11 is 7.72. The van der Waals surface area contributed by atoms with Crippen molar-refractivity contribution in [2.45, 2.75) is 4.90 Å². The first-order chi connectivity index (χ1) is 13.1. The molecule has 1 heterocycles. The lowest BCUT2D eigenvalue weighted by Gasteiger charge is -2.36. The van der Waals surface area contributed by atoms with Gasteiger partial charge in [-0.1, -0.05) is 35.9 Å². The quantitative estimate of drug-likeness (QED) is 0.563. The molecule has 1 amide bonds. The number of para-hydroxylation sites is 1. The summed E-state index contributed by atoms with van der Waals surface area (Å²) in [5.74, 6) is -0.646. The fourth-order valence-corrected chi connectivity index (χ4v) is 3.86. The van der Waals surface area contributed by atoms with Crippen LogP contribution in [0, 0.1) is 0 Å². The highest BCUT2D eigenvalue weighted by Gasteiger charge is 2.23. The highest BCUT2D eigenvalue weighted by molar-refractivity contribution is 7.98. The molecular weight excluding hydrogens is 384 g/mol. The molecule has 27 heavy (non-hydrogen) atoms. The zero-order valence-electron chi connectivity index (χ0n) is 15.1. The van der Waals surface area contributed by atoms with Crippen molar-refractivity contribution in [3.05, 3.63) is 59.1 Å². The molecule has 5 nitrogen and oxygen atoms in total. The molecule has 0 radical (unpaired) electrons. The monoisotopic (exact) mass is 404 g/mol. The number of halogens is 1. The zero-order valence-corrected chi connectivity index (χ0v) is 16.6. The van der Waals surface area contributed by atoms with E-state index < -0.39 is 5.97 Å². The Labute approximate surface area is 168 Å². The summed E-state index contributed by atoms with van der Waals surface area (Å²) in [6.45, 7) is 2.29. The summed E-state index contributed by atoms with van der Waals surface area (Å²) in [4.78, 5) is 29.4. The summed E-state index contributed by atoms with van der Waals surface area (Å²) < 4.78 is 5.24. The smallest absolute Gasteiger partial charge is 0.339 e. The summed E-state index contributed by atoms with van der Waals surface area (Å²) in [5.41, 5.74) is 1.47. The number of carbonyl (C=O) groups excluding carboxylic acids is 2. The van der Waals surface area contributed by atoms with Gasteiger partial charge in [0.25, 0.3) is 5.91 Å². The Morgan fingerprint density at radius 2 is 1.70 bits per heavy atom. The number of esters is 1. The largest absolute Gasteiger partial charge is 0.452 e. The van der Waals surface area contributed by atoms with Crippen LogP contribution in [0.3, 0.4) is 0 Å². The third-order valence-corrected chi connectivity index (χ3v) is 5.59. The van der Waals surface area contributed by atoms with Gasteiger partial charge in [0.2, 0.25) is 0 Å². The van der Waals surface area contributed by atoms with Crippen LogP contribution in [0.2, 0.25) is 5.02 Å². The van der Waals surface area contributed by atoms with E-state index in [2.05, 4.69) is 4.90 Å². The second kappa shape index (κ2) is 9.15. The molecule has 0 aromatic heterocycles. The molecule has 2 aromatic carbocycles. The van der Waals surface area contributed by atoms with Crippen molar-refractivity contribution in [1.29, 1.82) is 0 Å². The molecule has 0 saturated carbocycles. The first kappa shape index (κ1) is 19.6. The van der Waals surface area contributed by atoms with Gasteiger partial charge >= 0.3 is 5.97 Å². The van der Waals surface area contributed by atoms with Crippen molar-refractivity contribution in [1.82, 2.24) is 4.90 Å². The van der Waals surface area contributed by atoms with E-state index in [1.54, 1.807) is 17.0 Å². The van der Waals surface area contributed by atoms with Gasteiger partial charge in [-0.2, -0.15) is 0 Å². The third-order valence-electron chi connectivity index (χ3n) is 4.48. The molecule has 7 heteroatoms. The predicted molar refractivity (Wildman–Crippen MR) is 109 cm³/mol. The number of amides is 1. The number of hydrogen-bond donors (Lipinski definition) is 0. The Morgan fingerprint density at radius 3 is 2.41 bits per heavy atom. The van der Waals surface area contributed by atoms with Crippen LogP contribution in [0.15, 0.2) is 53.4 Å². The lowest BCUT2D eigenvalue weighted by molar-refractivity contribution is -0.134. The van der Waals surface area contributed by atoms with Crippen LogP contribution < -0.4 is 4.90 Å². The number of carbonyl (C=O) groups is 2. The van der Waals surface area contributed by atoms with Gasteiger partial charge in [0, 0.05) is 31.1 Å². The number of benzene rings is 2. The molecule has 0 bridgehead atoms. The van der Waals surface area contributed by atoms with E-state index in [-0.39, 0.29) is 12.5 Å². The van der Waals surface area contributed by atoms with Crippen molar-refractivity contribution in [2.24, 2.45) is 0 Å². The van der Waals surface area contributed by atoms with Crippen LogP contribution >= 0.6 is 23.4 Å². The normalized spacial score (nSPS) is 14.1. The SMILES string of the molecule is CSc1ccccc1C(=O)OCC(=O)N1CCN(c2ccccc2Cl)CC1. The molecule has 3 rings (SSSR count). The van der Waals surface area contributed by atoms with Crippen molar-refractivity contribution in [3.8, 4) is 0 Å². The molecular formula is C20H21ClN2O3S. The van der Waals surface area contributed by atoms with Gasteiger partial charge < -0.3 is 14.5 Å². The van der Waals surface area contributed by atoms with Crippen LogP contribution in [0.5, 0.6) is 0 Å². The molecule has 0 unspecified atom stereocenters. The number of nitrogens with zero attached hydrogens (tertiary/aromatic N) is 2. The number of hydrogen-bond acceptors (Lipinski definition) is 5. The van der Waals surface area contributed by atoms with Crippen LogP contribution in [-0.2, 0) is 9.53 Å². The van der Waals surface area contributed by atoms with Crippen molar-refractivity contribution < 1.29 is 14.3 Å². The van der Waals surface area contributed by atoms with E-state index in [1.165, 1.54) is 11.8 Å². The maximum atomic E-state index is 12.4. The first-order valence-electron chi connectivity index (χ1n) is 8.67. The first-order valence-corrected chi connectivity index (χ1v) is 10.3. The maximum Gasteiger partial charge on any atom is 0.339 e. The van der Waals surface area contributed by atoms with Gasteiger partial charge in [-0.3, -0.25) is 4.79 Å². The second-order valence-corrected chi connectivity index (χ2v) is 7.35. The molecule has 2 aromatic rings. The van der Waals surface area contributed by atoms with Gasteiger partial charge in [0.15, 0.2) is 6.61 Å². The molecule has 1 saturated heterocycles. The topological polar surface area (TPSA) is 49.9 Å². The second-order valence-electron chi connectivity index (χ2n) is 6.10. The van der Waals surface area contributed by atoms with Crippen LogP contribution in [0.25, 0.3) is 0 Å². The molecule has 0 N–H and O–H groups in total. The van der Waals surface area contributed by atoms with Gasteiger partial charge in [-0.25, -0.2) is 4.79 Å². The molecule has 0 spiro atoms. The zero-order chi connectivity index (χ0) is 19.2. The summed E-state index contributed by atoms with van der Waals surface area (Å²) in [7, 11) is 0. The number of rotatable bonds is 5. The Morgan fingerprint density at radius 1 is 1.04 bits per heavy atom. The van der Waals surface area contributed by atoms with Crippen molar-refractivity contribution in [2.75, 3.05) is 43.9 Å². The van der Waals surface area contributed by atoms with E-state index in [0.717, 1.165) is 10.6 Å². The standard InChI is InChI=1S/C20H21ClN2O3S/c1-27-18-9-5-2-6-15(18)20(25)26-14-19(24)23-12-10-22(11-13-23)17-8-4-3-7-16(17)21/h2-9H,10-14H2,1H3. The fourth-order valence-electron chi connectivity index (χ4n) is 3.01. The molecule has 1 aliphatic heterocycles. The number of anilines is 1. The lowest BCUT2D eigenvalue weighted by Crippen LogP contribution is -2.50. The van der Waals surface area contributed by atoms with E-state index in [0.29, 0.717) is 36.8 Å². The minimum atomic E-state index is -0.469. The molecule has 142 valence electrons. The maximum absolute atomic E-state index is 12.4. The van der Waals surface area contributed by atoms with Crippen molar-refractivity contribution >= 4 is 40.9 Å². The van der Waals surface area contributed by atoms with E-state index in [4.69, 9.17) is 16.3 Å². The number of thioether (sulfide) groups is 1. The molecule has 0 atom stereocenters. The fraction of sp³-hybridized carbons (Fsp3) is 0.300. The van der Waals surface area contributed by atoms with E-state index >= 15 is 0 Å². The van der Waals surface area contributed by atoms with Crippen LogP contribution in [0.1, 0.15) is 10.4 Å². The molecule has 1 fully saturated rings. The Balaban J connectivity index is 1.51. The molecule has 1 aliphatic rings. The van der Waals surface area contributed by atoms with Crippen LogP contribution in [0.4, 0.5) is 5.69 Å². The van der Waals surface area contributed by atoms with E-state index in [9.17, 15) is 9.59 Å². The van der Waals surface area contributed by atoms with Gasteiger partial charge in [-0.15, -0.1) is 11.8 Å². The van der Waals surface area contributed by atoms with Gasteiger partial charge in [0.05, 0.1) is 16.3 Å². The average molecular weight is 405 g/mol. The highest BCUT2D eigenvalue weighted by Crippen LogP contribution is 2.26. The summed E-state index contributed by atoms with van der Waals surface area (Å²) in [5, 5.41) is 0.707. The third kappa shape index (κ3) is 4.76. The van der Waals surface area contributed by atoms with Gasteiger partial charge in [-0.05, 0) is 30.5 Å². The lowest BCUT2D eigenvalue weighted by atomic mass is 10.2. The summed E-state index contributed by atoms with van der Waals surface area (Å²) in [6.07, 6.45) is 1.90. The minimum Gasteiger partial charge on any atom is -0.452 e.